The monoisotopic (exact) mass is 366 g/mol. The second kappa shape index (κ2) is 8.45. The van der Waals surface area contributed by atoms with Crippen LogP contribution in [-0.2, 0) is 6.42 Å². The van der Waals surface area contributed by atoms with Gasteiger partial charge in [0.2, 0.25) is 5.95 Å². The van der Waals surface area contributed by atoms with E-state index in [1.165, 1.54) is 0 Å². The van der Waals surface area contributed by atoms with E-state index in [0.717, 1.165) is 16.9 Å². The summed E-state index contributed by atoms with van der Waals surface area (Å²) in [5.41, 5.74) is 2.99. The molecule has 6 heteroatoms. The number of para-hydroxylation sites is 1. The normalized spacial score (nSPS) is 10.4. The van der Waals surface area contributed by atoms with Gasteiger partial charge in [0.25, 0.3) is 5.91 Å². The predicted molar refractivity (Wildman–Crippen MR) is 104 cm³/mol. The Labute approximate surface area is 157 Å². The van der Waals surface area contributed by atoms with Crippen molar-refractivity contribution in [3.8, 4) is 0 Å². The Morgan fingerprint density at radius 3 is 2.62 bits per heavy atom. The van der Waals surface area contributed by atoms with Gasteiger partial charge in [-0.15, -0.1) is 0 Å². The number of nitrogens with one attached hydrogen (secondary N) is 2. The molecule has 0 aliphatic heterocycles. The number of carbonyl (C=O) groups excluding carboxylic acids is 1. The highest BCUT2D eigenvalue weighted by molar-refractivity contribution is 6.30. The van der Waals surface area contributed by atoms with Gasteiger partial charge >= 0.3 is 0 Å². The van der Waals surface area contributed by atoms with Crippen molar-refractivity contribution in [1.29, 1.82) is 0 Å². The van der Waals surface area contributed by atoms with E-state index in [-0.39, 0.29) is 5.91 Å². The van der Waals surface area contributed by atoms with Crippen LogP contribution in [0.15, 0.2) is 60.7 Å². The Hall–Kier alpha value is -2.92. The lowest BCUT2D eigenvalue weighted by Gasteiger charge is -2.09. The fourth-order valence-corrected chi connectivity index (χ4v) is 2.71. The van der Waals surface area contributed by atoms with Crippen molar-refractivity contribution in [3.63, 3.8) is 0 Å². The van der Waals surface area contributed by atoms with Crippen LogP contribution >= 0.6 is 11.6 Å². The first-order chi connectivity index (χ1) is 12.6. The van der Waals surface area contributed by atoms with Gasteiger partial charge in [0, 0.05) is 22.9 Å². The summed E-state index contributed by atoms with van der Waals surface area (Å²) in [6.07, 6.45) is 0.700. The van der Waals surface area contributed by atoms with Crippen LogP contribution in [-0.4, -0.2) is 22.4 Å². The molecule has 3 rings (SSSR count). The molecular weight excluding hydrogens is 348 g/mol. The number of nitrogens with zero attached hydrogens (tertiary/aromatic N) is 2. The number of anilines is 2. The molecule has 0 saturated carbocycles. The van der Waals surface area contributed by atoms with Crippen LogP contribution in [0, 0.1) is 6.92 Å². The van der Waals surface area contributed by atoms with Crippen LogP contribution in [0.4, 0.5) is 11.6 Å². The second-order valence-electron chi connectivity index (χ2n) is 5.85. The van der Waals surface area contributed by atoms with E-state index >= 15 is 0 Å². The van der Waals surface area contributed by atoms with Gasteiger partial charge in [0.05, 0.1) is 0 Å². The highest BCUT2D eigenvalue weighted by atomic mass is 35.5. The summed E-state index contributed by atoms with van der Waals surface area (Å²) in [4.78, 5) is 21.0. The summed E-state index contributed by atoms with van der Waals surface area (Å²) < 4.78 is 0. The molecule has 0 fully saturated rings. The average molecular weight is 367 g/mol. The van der Waals surface area contributed by atoms with E-state index in [1.54, 1.807) is 6.07 Å². The molecular formula is C20H19ClN4O. The Kier molecular flexibility index (Phi) is 5.81. The number of benzene rings is 2. The van der Waals surface area contributed by atoms with Crippen LogP contribution < -0.4 is 10.6 Å². The van der Waals surface area contributed by atoms with Gasteiger partial charge in [-0.2, -0.15) is 0 Å². The summed E-state index contributed by atoms with van der Waals surface area (Å²) in [5, 5.41) is 6.69. The second-order valence-corrected chi connectivity index (χ2v) is 6.28. The molecule has 26 heavy (non-hydrogen) atoms. The van der Waals surface area contributed by atoms with Crippen LogP contribution in [0.3, 0.4) is 0 Å². The molecule has 0 bridgehead atoms. The molecule has 1 amide bonds. The zero-order valence-electron chi connectivity index (χ0n) is 14.4. The lowest BCUT2D eigenvalue weighted by Crippen LogP contribution is -2.27. The third-order valence-electron chi connectivity index (χ3n) is 3.71. The van der Waals surface area contributed by atoms with E-state index in [9.17, 15) is 4.79 Å². The minimum atomic E-state index is -0.228. The third kappa shape index (κ3) is 5.04. The molecule has 2 aromatic carbocycles. The molecule has 1 heterocycles. The minimum absolute atomic E-state index is 0.228. The van der Waals surface area contributed by atoms with E-state index in [1.807, 2.05) is 61.5 Å². The molecule has 0 aliphatic rings. The molecule has 0 unspecified atom stereocenters. The van der Waals surface area contributed by atoms with Gasteiger partial charge in [-0.05, 0) is 49.2 Å². The maximum Gasteiger partial charge on any atom is 0.270 e. The van der Waals surface area contributed by atoms with Crippen molar-refractivity contribution in [2.75, 3.05) is 11.9 Å². The summed E-state index contributed by atoms with van der Waals surface area (Å²) in [6.45, 7) is 2.34. The predicted octanol–water partition coefficient (Wildman–Crippen LogP) is 4.15. The molecule has 3 aromatic rings. The molecule has 132 valence electrons. The molecule has 1 aromatic heterocycles. The Balaban J connectivity index is 1.63. The highest BCUT2D eigenvalue weighted by Gasteiger charge is 2.10. The number of amides is 1. The van der Waals surface area contributed by atoms with Crippen molar-refractivity contribution in [2.45, 2.75) is 13.3 Å². The summed E-state index contributed by atoms with van der Waals surface area (Å²) in [5.74, 6) is 0.171. The van der Waals surface area contributed by atoms with Crippen LogP contribution in [0.25, 0.3) is 0 Å². The van der Waals surface area contributed by atoms with Crippen molar-refractivity contribution in [2.24, 2.45) is 0 Å². The lowest BCUT2D eigenvalue weighted by molar-refractivity contribution is 0.0949. The standard InChI is InChI=1S/C20H19ClN4O/c1-14-12-18(25-20(23-14)24-17-8-3-2-4-9-17)19(26)22-11-10-15-6-5-7-16(21)13-15/h2-9,12-13H,10-11H2,1H3,(H,22,26)(H,23,24,25). The number of halogens is 1. The van der Waals surface area contributed by atoms with Gasteiger partial charge in [-0.3, -0.25) is 4.79 Å². The first-order valence-electron chi connectivity index (χ1n) is 8.30. The van der Waals surface area contributed by atoms with Crippen LogP contribution in [0.5, 0.6) is 0 Å². The van der Waals surface area contributed by atoms with E-state index in [0.29, 0.717) is 29.6 Å². The van der Waals surface area contributed by atoms with Crippen molar-refractivity contribution in [3.05, 3.63) is 82.6 Å². The molecule has 2 N–H and O–H groups in total. The zero-order chi connectivity index (χ0) is 18.4. The number of rotatable bonds is 6. The van der Waals surface area contributed by atoms with E-state index in [4.69, 9.17) is 11.6 Å². The molecule has 0 radical (unpaired) electrons. The Morgan fingerprint density at radius 1 is 1.04 bits per heavy atom. The lowest BCUT2D eigenvalue weighted by atomic mass is 10.1. The maximum atomic E-state index is 12.4. The number of carbonyl (C=O) groups is 1. The van der Waals surface area contributed by atoms with Gasteiger partial charge in [0.1, 0.15) is 5.69 Å². The fraction of sp³-hybridized carbons (Fsp3) is 0.150. The van der Waals surface area contributed by atoms with Crippen molar-refractivity contribution in [1.82, 2.24) is 15.3 Å². The average Bonchev–Trinajstić information content (AvgIpc) is 2.62. The molecule has 0 saturated heterocycles. The van der Waals surface area contributed by atoms with Gasteiger partial charge in [0.15, 0.2) is 0 Å². The third-order valence-corrected chi connectivity index (χ3v) is 3.94. The summed E-state index contributed by atoms with van der Waals surface area (Å²) >= 11 is 5.97. The van der Waals surface area contributed by atoms with Crippen LogP contribution in [0.1, 0.15) is 21.7 Å². The fourth-order valence-electron chi connectivity index (χ4n) is 2.49. The smallest absolute Gasteiger partial charge is 0.270 e. The summed E-state index contributed by atoms with van der Waals surface area (Å²) in [7, 11) is 0. The largest absolute Gasteiger partial charge is 0.350 e. The molecule has 0 spiro atoms. The number of aryl methyl sites for hydroxylation is 1. The van der Waals surface area contributed by atoms with Gasteiger partial charge < -0.3 is 10.6 Å². The Morgan fingerprint density at radius 2 is 1.85 bits per heavy atom. The number of hydrogen-bond donors (Lipinski definition) is 2. The van der Waals surface area contributed by atoms with Crippen LogP contribution in [0.2, 0.25) is 5.02 Å². The summed E-state index contributed by atoms with van der Waals surface area (Å²) in [6, 6.07) is 18.9. The quantitative estimate of drug-likeness (QED) is 0.687. The highest BCUT2D eigenvalue weighted by Crippen LogP contribution is 2.13. The molecule has 0 aliphatic carbocycles. The van der Waals surface area contributed by atoms with E-state index in [2.05, 4.69) is 20.6 Å². The first-order valence-corrected chi connectivity index (χ1v) is 8.68. The minimum Gasteiger partial charge on any atom is -0.350 e. The van der Waals surface area contributed by atoms with Gasteiger partial charge in [-0.25, -0.2) is 9.97 Å². The van der Waals surface area contributed by atoms with Crippen molar-refractivity contribution >= 4 is 29.1 Å². The Bertz CT molecular complexity index is 899. The number of hydrogen-bond acceptors (Lipinski definition) is 4. The number of aromatic nitrogens is 2. The van der Waals surface area contributed by atoms with Gasteiger partial charge in [-0.1, -0.05) is 41.9 Å². The SMILES string of the molecule is Cc1cc(C(=O)NCCc2cccc(Cl)c2)nc(Nc2ccccc2)n1. The maximum absolute atomic E-state index is 12.4. The first kappa shape index (κ1) is 17.9. The molecule has 5 nitrogen and oxygen atoms in total. The van der Waals surface area contributed by atoms with E-state index < -0.39 is 0 Å². The zero-order valence-corrected chi connectivity index (χ0v) is 15.1. The molecule has 0 atom stereocenters. The van der Waals surface area contributed by atoms with Crippen molar-refractivity contribution < 1.29 is 4.79 Å². The topological polar surface area (TPSA) is 66.9 Å².